The minimum absolute atomic E-state index is 0.586. The van der Waals surface area contributed by atoms with Crippen LogP contribution >= 0.6 is 0 Å². The molecule has 0 amide bonds. The van der Waals surface area contributed by atoms with Crippen LogP contribution in [0.4, 0.5) is 0 Å². The van der Waals surface area contributed by atoms with E-state index < -0.39 is 53.2 Å². The van der Waals surface area contributed by atoms with Crippen molar-refractivity contribution in [1.82, 2.24) is 0 Å². The summed E-state index contributed by atoms with van der Waals surface area (Å²) in [7, 11) is -3.77. The summed E-state index contributed by atoms with van der Waals surface area (Å²) < 4.78 is 43.8. The summed E-state index contributed by atoms with van der Waals surface area (Å²) in [5.74, 6) is -0.927. The van der Waals surface area contributed by atoms with Crippen molar-refractivity contribution in [3.8, 4) is 0 Å². The molecule has 0 aliphatic carbocycles. The number of hydrogen-bond donors (Lipinski definition) is 2. The van der Waals surface area contributed by atoms with Crippen LogP contribution in [-0.4, -0.2) is 68.0 Å². The van der Waals surface area contributed by atoms with E-state index in [0.717, 1.165) is 6.26 Å². The molecule has 2 saturated heterocycles. The van der Waals surface area contributed by atoms with Crippen LogP contribution in [0, 0.1) is 0 Å². The molecule has 0 saturated carbocycles. The molecule has 2 aliphatic heterocycles. The molecule has 9 heteroatoms. The van der Waals surface area contributed by atoms with Crippen LogP contribution in [0.1, 0.15) is 13.8 Å². The van der Waals surface area contributed by atoms with Gasteiger partial charge in [0.25, 0.3) is 10.1 Å². The van der Waals surface area contributed by atoms with Crippen molar-refractivity contribution in [1.29, 1.82) is 0 Å². The largest absolute Gasteiger partial charge is 0.394 e. The zero-order chi connectivity index (χ0) is 14.4. The SMILES string of the molecule is CC1(C)O[C@H]2O[C@H]([C@H](O)CO)[C@@H](OS(C)(=O)=O)[C@H]2O1. The number of rotatable bonds is 4. The Bertz CT molecular complexity index is 433. The molecular formula is C10H18O8S. The van der Waals surface area contributed by atoms with E-state index in [1.54, 1.807) is 13.8 Å². The summed E-state index contributed by atoms with van der Waals surface area (Å²) in [6.45, 7) is 2.73. The molecule has 0 bridgehead atoms. The van der Waals surface area contributed by atoms with Gasteiger partial charge in [-0.1, -0.05) is 0 Å². The maximum Gasteiger partial charge on any atom is 0.264 e. The summed E-state index contributed by atoms with van der Waals surface area (Å²) in [6, 6.07) is 0. The number of fused-ring (bicyclic) bond motifs is 1. The van der Waals surface area contributed by atoms with Crippen molar-refractivity contribution < 1.29 is 37.0 Å². The molecule has 2 N–H and O–H groups in total. The van der Waals surface area contributed by atoms with Crippen LogP contribution in [0.25, 0.3) is 0 Å². The zero-order valence-corrected chi connectivity index (χ0v) is 11.7. The topological polar surface area (TPSA) is 112 Å². The molecule has 2 rings (SSSR count). The van der Waals surface area contributed by atoms with Gasteiger partial charge in [0.1, 0.15) is 24.4 Å². The Hall–Kier alpha value is -0.290. The van der Waals surface area contributed by atoms with Gasteiger partial charge in [-0.2, -0.15) is 8.42 Å². The minimum atomic E-state index is -3.77. The van der Waals surface area contributed by atoms with Gasteiger partial charge < -0.3 is 24.4 Å². The Kier molecular flexibility index (Phi) is 3.91. The van der Waals surface area contributed by atoms with Crippen molar-refractivity contribution in [2.24, 2.45) is 0 Å². The van der Waals surface area contributed by atoms with Crippen molar-refractivity contribution in [2.75, 3.05) is 12.9 Å². The predicted molar refractivity (Wildman–Crippen MR) is 61.5 cm³/mol. The first-order valence-electron chi connectivity index (χ1n) is 5.81. The lowest BCUT2D eigenvalue weighted by molar-refractivity contribution is -0.225. The number of hydrogen-bond acceptors (Lipinski definition) is 8. The fourth-order valence-electron chi connectivity index (χ4n) is 2.23. The molecule has 19 heavy (non-hydrogen) atoms. The molecule has 0 aromatic carbocycles. The van der Waals surface area contributed by atoms with E-state index in [1.165, 1.54) is 0 Å². The van der Waals surface area contributed by atoms with E-state index in [0.29, 0.717) is 0 Å². The number of aliphatic hydroxyl groups is 2. The molecule has 0 aromatic heterocycles. The standard InChI is InChI=1S/C10H18O8S/c1-10(2)16-8-7(18-19(3,13)14)6(5(12)4-11)15-9(8)17-10/h5-9,11-12H,4H2,1-3H3/t5-,6-,7-,8-,9-/m1/s1. The van der Waals surface area contributed by atoms with Gasteiger partial charge >= 0.3 is 0 Å². The molecule has 8 nitrogen and oxygen atoms in total. The average Bonchev–Trinajstić information content (AvgIpc) is 2.70. The number of aliphatic hydroxyl groups excluding tert-OH is 2. The van der Waals surface area contributed by atoms with Crippen molar-refractivity contribution in [2.45, 2.75) is 50.3 Å². The molecule has 0 radical (unpaired) electrons. The van der Waals surface area contributed by atoms with Gasteiger partial charge in [0.2, 0.25) is 0 Å². The van der Waals surface area contributed by atoms with Crippen LogP contribution in [0.3, 0.4) is 0 Å². The highest BCUT2D eigenvalue weighted by atomic mass is 32.2. The first kappa shape index (κ1) is 15.1. The van der Waals surface area contributed by atoms with Crippen LogP contribution in [-0.2, 0) is 28.5 Å². The molecule has 2 aliphatic rings. The molecule has 112 valence electrons. The van der Waals surface area contributed by atoms with Gasteiger partial charge in [-0.05, 0) is 13.8 Å². The van der Waals surface area contributed by atoms with Crippen molar-refractivity contribution in [3.05, 3.63) is 0 Å². The second kappa shape index (κ2) is 4.92. The predicted octanol–water partition coefficient (Wildman–Crippen LogP) is -1.44. The quantitative estimate of drug-likeness (QED) is 0.607. The minimum Gasteiger partial charge on any atom is -0.394 e. The van der Waals surface area contributed by atoms with Crippen LogP contribution in [0.5, 0.6) is 0 Å². The van der Waals surface area contributed by atoms with Crippen molar-refractivity contribution >= 4 is 10.1 Å². The fraction of sp³-hybridized carbons (Fsp3) is 1.00. The van der Waals surface area contributed by atoms with E-state index in [2.05, 4.69) is 0 Å². The maximum atomic E-state index is 11.3. The van der Waals surface area contributed by atoms with Gasteiger partial charge in [-0.3, -0.25) is 4.18 Å². The molecule has 5 atom stereocenters. The lowest BCUT2D eigenvalue weighted by Gasteiger charge is -2.27. The van der Waals surface area contributed by atoms with E-state index in [9.17, 15) is 13.5 Å². The Morgan fingerprint density at radius 1 is 1.37 bits per heavy atom. The Balaban J connectivity index is 2.21. The molecule has 0 spiro atoms. The van der Waals surface area contributed by atoms with E-state index in [-0.39, 0.29) is 0 Å². The lowest BCUT2D eigenvalue weighted by Crippen LogP contribution is -2.44. The Morgan fingerprint density at radius 2 is 2.00 bits per heavy atom. The van der Waals surface area contributed by atoms with E-state index in [1.807, 2.05) is 0 Å². The summed E-state index contributed by atoms with van der Waals surface area (Å²) in [4.78, 5) is 0. The van der Waals surface area contributed by atoms with Gasteiger partial charge in [-0.15, -0.1) is 0 Å². The smallest absolute Gasteiger partial charge is 0.264 e. The first-order chi connectivity index (χ1) is 8.63. The van der Waals surface area contributed by atoms with E-state index >= 15 is 0 Å². The normalized spacial score (nSPS) is 39.2. The van der Waals surface area contributed by atoms with E-state index in [4.69, 9.17) is 23.5 Å². The zero-order valence-electron chi connectivity index (χ0n) is 10.8. The Labute approximate surface area is 111 Å². The summed E-state index contributed by atoms with van der Waals surface area (Å²) >= 11 is 0. The highest BCUT2D eigenvalue weighted by Gasteiger charge is 2.58. The molecule has 2 heterocycles. The molecule has 0 unspecified atom stereocenters. The van der Waals surface area contributed by atoms with Gasteiger partial charge in [0.05, 0.1) is 12.9 Å². The maximum absolute atomic E-state index is 11.3. The summed E-state index contributed by atoms with van der Waals surface area (Å²) in [6.07, 6.45) is -4.12. The lowest BCUT2D eigenvalue weighted by atomic mass is 10.1. The van der Waals surface area contributed by atoms with Crippen molar-refractivity contribution in [3.63, 3.8) is 0 Å². The second-order valence-corrected chi connectivity index (χ2v) is 6.68. The highest BCUT2D eigenvalue weighted by molar-refractivity contribution is 7.86. The molecule has 0 aromatic rings. The molecule has 2 fully saturated rings. The molecular weight excluding hydrogens is 280 g/mol. The van der Waals surface area contributed by atoms with Crippen LogP contribution in [0.15, 0.2) is 0 Å². The third-order valence-corrected chi connectivity index (χ3v) is 3.45. The fourth-order valence-corrected chi connectivity index (χ4v) is 2.85. The van der Waals surface area contributed by atoms with Crippen LogP contribution < -0.4 is 0 Å². The summed E-state index contributed by atoms with van der Waals surface area (Å²) in [5.41, 5.74) is 0. The highest BCUT2D eigenvalue weighted by Crippen LogP contribution is 2.39. The summed E-state index contributed by atoms with van der Waals surface area (Å²) in [5, 5.41) is 18.6. The monoisotopic (exact) mass is 298 g/mol. The van der Waals surface area contributed by atoms with Crippen LogP contribution in [0.2, 0.25) is 0 Å². The van der Waals surface area contributed by atoms with Gasteiger partial charge in [-0.25, -0.2) is 0 Å². The second-order valence-electron chi connectivity index (χ2n) is 5.08. The first-order valence-corrected chi connectivity index (χ1v) is 7.63. The third-order valence-electron chi connectivity index (χ3n) is 2.88. The third kappa shape index (κ3) is 3.24. The number of ether oxygens (including phenoxy) is 3. The van der Waals surface area contributed by atoms with Gasteiger partial charge in [0.15, 0.2) is 12.1 Å². The van der Waals surface area contributed by atoms with Gasteiger partial charge in [0, 0.05) is 0 Å². The Morgan fingerprint density at radius 3 is 2.53 bits per heavy atom. The average molecular weight is 298 g/mol.